The molecule has 0 spiro atoms. The lowest BCUT2D eigenvalue weighted by Gasteiger charge is -2.27. The van der Waals surface area contributed by atoms with Gasteiger partial charge in [-0.25, -0.2) is 0 Å². The first-order valence-corrected chi connectivity index (χ1v) is 6.39. The smallest absolute Gasteiger partial charge is 0.314 e. The van der Waals surface area contributed by atoms with Crippen LogP contribution in [0.1, 0.15) is 47.0 Å². The van der Waals surface area contributed by atoms with Crippen LogP contribution in [0.25, 0.3) is 0 Å². The van der Waals surface area contributed by atoms with Gasteiger partial charge in [-0.1, -0.05) is 13.3 Å². The van der Waals surface area contributed by atoms with Crippen LogP contribution in [-0.4, -0.2) is 37.0 Å². The first-order valence-electron chi connectivity index (χ1n) is 6.39. The number of rotatable bonds is 9. The van der Waals surface area contributed by atoms with Gasteiger partial charge in [0.1, 0.15) is 0 Å². The lowest BCUT2D eigenvalue weighted by Crippen LogP contribution is -2.39. The molecule has 0 aromatic carbocycles. The Kier molecular flexibility index (Phi) is 8.17. The fourth-order valence-corrected chi connectivity index (χ4v) is 1.36. The van der Waals surface area contributed by atoms with Gasteiger partial charge in [-0.05, 0) is 33.6 Å². The number of carbonyl (C=O) groups excluding carboxylic acids is 1. The van der Waals surface area contributed by atoms with Crippen molar-refractivity contribution in [1.29, 1.82) is 0 Å². The summed E-state index contributed by atoms with van der Waals surface area (Å²) in [7, 11) is 0. The summed E-state index contributed by atoms with van der Waals surface area (Å²) in [4.78, 5) is 11.6. The lowest BCUT2D eigenvalue weighted by atomic mass is 9.85. The number of ether oxygens (including phenoxy) is 2. The van der Waals surface area contributed by atoms with Gasteiger partial charge in [0, 0.05) is 13.2 Å². The molecule has 0 aliphatic heterocycles. The predicted molar refractivity (Wildman–Crippen MR) is 66.8 cm³/mol. The zero-order chi connectivity index (χ0) is 13.3. The standard InChI is InChI=1S/C13H26O4/c1-5-7-9-16-10-8-11(14)13(3,4)12(15)17-6-2/h11,14H,5-10H2,1-4H3. The van der Waals surface area contributed by atoms with Gasteiger partial charge in [0.25, 0.3) is 0 Å². The molecule has 0 aliphatic rings. The monoisotopic (exact) mass is 246 g/mol. The van der Waals surface area contributed by atoms with E-state index in [1.54, 1.807) is 20.8 Å². The molecule has 0 saturated heterocycles. The summed E-state index contributed by atoms with van der Waals surface area (Å²) in [5.74, 6) is -0.360. The maximum absolute atomic E-state index is 11.6. The second-order valence-corrected chi connectivity index (χ2v) is 4.71. The molecule has 1 atom stereocenters. The zero-order valence-corrected chi connectivity index (χ0v) is 11.5. The van der Waals surface area contributed by atoms with Crippen LogP contribution in [0.4, 0.5) is 0 Å². The van der Waals surface area contributed by atoms with E-state index < -0.39 is 11.5 Å². The fraction of sp³-hybridized carbons (Fsp3) is 0.923. The molecule has 0 fully saturated rings. The highest BCUT2D eigenvalue weighted by Gasteiger charge is 2.36. The normalized spacial score (nSPS) is 13.5. The summed E-state index contributed by atoms with van der Waals surface area (Å²) in [5.41, 5.74) is -0.871. The average molecular weight is 246 g/mol. The molecule has 0 saturated carbocycles. The van der Waals surface area contributed by atoms with Crippen molar-refractivity contribution in [2.24, 2.45) is 5.41 Å². The summed E-state index contributed by atoms with van der Waals surface area (Å²) >= 11 is 0. The largest absolute Gasteiger partial charge is 0.466 e. The zero-order valence-electron chi connectivity index (χ0n) is 11.5. The van der Waals surface area contributed by atoms with Gasteiger partial charge in [-0.3, -0.25) is 4.79 Å². The molecule has 0 aromatic heterocycles. The SMILES string of the molecule is CCCCOCCC(O)C(C)(C)C(=O)OCC. The molecule has 102 valence electrons. The van der Waals surface area contributed by atoms with Gasteiger partial charge in [0.05, 0.1) is 18.1 Å². The quantitative estimate of drug-likeness (QED) is 0.500. The Bertz CT molecular complexity index is 213. The predicted octanol–water partition coefficient (Wildman–Crippen LogP) is 2.14. The van der Waals surface area contributed by atoms with Gasteiger partial charge < -0.3 is 14.6 Å². The maximum atomic E-state index is 11.6. The van der Waals surface area contributed by atoms with Crippen molar-refractivity contribution in [3.8, 4) is 0 Å². The van der Waals surface area contributed by atoms with E-state index in [4.69, 9.17) is 9.47 Å². The van der Waals surface area contributed by atoms with Gasteiger partial charge in [-0.2, -0.15) is 0 Å². The van der Waals surface area contributed by atoms with E-state index in [-0.39, 0.29) is 5.97 Å². The Labute approximate surface area is 104 Å². The molecule has 1 N–H and O–H groups in total. The molecule has 4 heteroatoms. The van der Waals surface area contributed by atoms with E-state index in [0.29, 0.717) is 26.2 Å². The highest BCUT2D eigenvalue weighted by atomic mass is 16.5. The minimum Gasteiger partial charge on any atom is -0.466 e. The van der Waals surface area contributed by atoms with E-state index >= 15 is 0 Å². The van der Waals surface area contributed by atoms with Crippen LogP contribution in [0.15, 0.2) is 0 Å². The van der Waals surface area contributed by atoms with Crippen molar-refractivity contribution in [1.82, 2.24) is 0 Å². The van der Waals surface area contributed by atoms with E-state index in [9.17, 15) is 9.90 Å². The molecular weight excluding hydrogens is 220 g/mol. The van der Waals surface area contributed by atoms with Crippen LogP contribution >= 0.6 is 0 Å². The first kappa shape index (κ1) is 16.4. The van der Waals surface area contributed by atoms with Crippen LogP contribution in [0, 0.1) is 5.41 Å². The van der Waals surface area contributed by atoms with Crippen molar-refractivity contribution < 1.29 is 19.4 Å². The van der Waals surface area contributed by atoms with Crippen LogP contribution in [0.5, 0.6) is 0 Å². The summed E-state index contributed by atoms with van der Waals surface area (Å²) in [6.07, 6.45) is 1.84. The van der Waals surface area contributed by atoms with Gasteiger partial charge >= 0.3 is 5.97 Å². The Morgan fingerprint density at radius 2 is 1.94 bits per heavy atom. The number of carbonyl (C=O) groups is 1. The summed E-state index contributed by atoms with van der Waals surface area (Å²) < 4.78 is 10.3. The van der Waals surface area contributed by atoms with Gasteiger partial charge in [-0.15, -0.1) is 0 Å². The van der Waals surface area contributed by atoms with Crippen molar-refractivity contribution in [2.45, 2.75) is 53.1 Å². The van der Waals surface area contributed by atoms with Crippen molar-refractivity contribution in [3.05, 3.63) is 0 Å². The molecule has 0 amide bonds. The lowest BCUT2D eigenvalue weighted by molar-refractivity contribution is -0.160. The van der Waals surface area contributed by atoms with Crippen LogP contribution in [-0.2, 0) is 14.3 Å². The summed E-state index contributed by atoms with van der Waals surface area (Å²) in [6.45, 7) is 8.77. The molecule has 0 aliphatic carbocycles. The molecule has 1 unspecified atom stereocenters. The van der Waals surface area contributed by atoms with E-state index in [1.807, 2.05) is 0 Å². The Balaban J connectivity index is 3.94. The third kappa shape index (κ3) is 6.03. The minimum absolute atomic E-state index is 0.335. The van der Waals surface area contributed by atoms with Crippen LogP contribution < -0.4 is 0 Å². The van der Waals surface area contributed by atoms with Gasteiger partial charge in [0.2, 0.25) is 0 Å². The summed E-state index contributed by atoms with van der Waals surface area (Å²) in [6, 6.07) is 0. The maximum Gasteiger partial charge on any atom is 0.314 e. The topological polar surface area (TPSA) is 55.8 Å². The second kappa shape index (κ2) is 8.48. The third-order valence-electron chi connectivity index (χ3n) is 2.81. The molecule has 17 heavy (non-hydrogen) atoms. The van der Waals surface area contributed by atoms with E-state index in [2.05, 4.69) is 6.92 Å². The first-order chi connectivity index (χ1) is 7.96. The highest BCUT2D eigenvalue weighted by Crippen LogP contribution is 2.24. The minimum atomic E-state index is -0.871. The second-order valence-electron chi connectivity index (χ2n) is 4.71. The molecule has 0 bridgehead atoms. The average Bonchev–Trinajstić information content (AvgIpc) is 2.28. The van der Waals surface area contributed by atoms with E-state index in [1.165, 1.54) is 0 Å². The summed E-state index contributed by atoms with van der Waals surface area (Å²) in [5, 5.41) is 9.95. The molecule has 0 radical (unpaired) electrons. The molecule has 0 rings (SSSR count). The number of aliphatic hydroxyl groups excluding tert-OH is 1. The number of aliphatic hydroxyl groups is 1. The number of unbranched alkanes of at least 4 members (excludes halogenated alkanes) is 1. The Morgan fingerprint density at radius 3 is 2.47 bits per heavy atom. The Hall–Kier alpha value is -0.610. The fourth-order valence-electron chi connectivity index (χ4n) is 1.36. The molecule has 0 aromatic rings. The van der Waals surface area contributed by atoms with E-state index in [0.717, 1.165) is 12.8 Å². The number of esters is 1. The number of hydrogen-bond donors (Lipinski definition) is 1. The van der Waals surface area contributed by atoms with Crippen LogP contribution in [0.2, 0.25) is 0 Å². The van der Waals surface area contributed by atoms with Gasteiger partial charge in [0.15, 0.2) is 0 Å². The van der Waals surface area contributed by atoms with Crippen molar-refractivity contribution in [3.63, 3.8) is 0 Å². The number of hydrogen-bond acceptors (Lipinski definition) is 4. The highest BCUT2D eigenvalue weighted by molar-refractivity contribution is 5.76. The van der Waals surface area contributed by atoms with Crippen LogP contribution in [0.3, 0.4) is 0 Å². The third-order valence-corrected chi connectivity index (χ3v) is 2.81. The molecular formula is C13H26O4. The molecule has 0 heterocycles. The van der Waals surface area contributed by atoms with Crippen molar-refractivity contribution in [2.75, 3.05) is 19.8 Å². The molecule has 4 nitrogen and oxygen atoms in total. The van der Waals surface area contributed by atoms with Crippen molar-refractivity contribution >= 4 is 5.97 Å². The Morgan fingerprint density at radius 1 is 1.29 bits per heavy atom.